The van der Waals surface area contributed by atoms with E-state index in [-0.39, 0.29) is 11.4 Å². The molecule has 5 nitrogen and oxygen atoms in total. The van der Waals surface area contributed by atoms with E-state index in [4.69, 9.17) is 4.74 Å². The van der Waals surface area contributed by atoms with Gasteiger partial charge in [-0.25, -0.2) is 13.1 Å². The van der Waals surface area contributed by atoms with Crippen molar-refractivity contribution < 1.29 is 13.2 Å². The van der Waals surface area contributed by atoms with Gasteiger partial charge in [0, 0.05) is 24.7 Å². The van der Waals surface area contributed by atoms with Crippen LogP contribution in [0.1, 0.15) is 18.9 Å². The van der Waals surface area contributed by atoms with Crippen LogP contribution in [0, 0.1) is 0 Å². The molecule has 7 heteroatoms. The molecule has 0 unspecified atom stereocenters. The van der Waals surface area contributed by atoms with Crippen LogP contribution in [0.2, 0.25) is 0 Å². The van der Waals surface area contributed by atoms with Crippen LogP contribution in [-0.4, -0.2) is 35.2 Å². The van der Waals surface area contributed by atoms with Crippen molar-refractivity contribution in [3.63, 3.8) is 0 Å². The van der Waals surface area contributed by atoms with E-state index in [1.807, 2.05) is 12.1 Å². The van der Waals surface area contributed by atoms with Gasteiger partial charge in [-0.15, -0.1) is 0 Å². The summed E-state index contributed by atoms with van der Waals surface area (Å²) in [5.74, 6) is 0. The van der Waals surface area contributed by atoms with Crippen molar-refractivity contribution >= 4 is 26.0 Å². The number of methoxy groups -OCH3 is 1. The van der Waals surface area contributed by atoms with Gasteiger partial charge in [0.2, 0.25) is 10.0 Å². The van der Waals surface area contributed by atoms with Gasteiger partial charge < -0.3 is 10.1 Å². The van der Waals surface area contributed by atoms with Crippen LogP contribution >= 0.6 is 15.9 Å². The standard InChI is InChI=1S/C13H21BrN2O3S/c1-3-6-15-10-11-4-5-13(12(14)9-11)20(17,18)16-7-8-19-2/h4-5,9,15-16H,3,6-8,10H2,1-2H3. The summed E-state index contributed by atoms with van der Waals surface area (Å²) in [6.07, 6.45) is 1.07. The van der Waals surface area contributed by atoms with Gasteiger partial charge in [0.1, 0.15) is 0 Å². The van der Waals surface area contributed by atoms with E-state index in [0.29, 0.717) is 11.1 Å². The van der Waals surface area contributed by atoms with Crippen LogP contribution in [0.15, 0.2) is 27.6 Å². The Morgan fingerprint density at radius 1 is 1.30 bits per heavy atom. The Labute approximate surface area is 129 Å². The van der Waals surface area contributed by atoms with Crippen molar-refractivity contribution in [2.45, 2.75) is 24.8 Å². The van der Waals surface area contributed by atoms with Crippen molar-refractivity contribution in [1.82, 2.24) is 10.0 Å². The van der Waals surface area contributed by atoms with E-state index in [9.17, 15) is 8.42 Å². The molecule has 0 heterocycles. The van der Waals surface area contributed by atoms with E-state index in [1.165, 1.54) is 7.11 Å². The maximum Gasteiger partial charge on any atom is 0.241 e. The highest BCUT2D eigenvalue weighted by molar-refractivity contribution is 9.10. The molecule has 0 amide bonds. The number of ether oxygens (including phenoxy) is 1. The lowest BCUT2D eigenvalue weighted by molar-refractivity contribution is 0.204. The third kappa shape index (κ3) is 5.49. The fraction of sp³-hybridized carbons (Fsp3) is 0.538. The fourth-order valence-corrected chi connectivity index (χ4v) is 3.77. The number of rotatable bonds is 9. The molecule has 0 saturated carbocycles. The van der Waals surface area contributed by atoms with Crippen molar-refractivity contribution in [3.8, 4) is 0 Å². The molecule has 0 saturated heterocycles. The van der Waals surface area contributed by atoms with Gasteiger partial charge in [0.25, 0.3) is 0 Å². The third-order valence-corrected chi connectivity index (χ3v) is 5.08. The Hall–Kier alpha value is -0.470. The zero-order chi connectivity index (χ0) is 15.0. The van der Waals surface area contributed by atoms with Crippen LogP contribution in [0.5, 0.6) is 0 Å². The highest BCUT2D eigenvalue weighted by Crippen LogP contribution is 2.23. The Kier molecular flexibility index (Phi) is 7.68. The van der Waals surface area contributed by atoms with E-state index < -0.39 is 10.0 Å². The maximum absolute atomic E-state index is 12.1. The summed E-state index contributed by atoms with van der Waals surface area (Å²) in [4.78, 5) is 0.243. The average Bonchev–Trinajstić information content (AvgIpc) is 2.39. The third-order valence-electron chi connectivity index (χ3n) is 2.64. The van der Waals surface area contributed by atoms with Gasteiger partial charge in [0.15, 0.2) is 0 Å². The predicted molar refractivity (Wildman–Crippen MR) is 83.2 cm³/mol. The Morgan fingerprint density at radius 3 is 2.65 bits per heavy atom. The summed E-state index contributed by atoms with van der Waals surface area (Å²) in [5, 5.41) is 3.28. The van der Waals surface area contributed by atoms with Crippen molar-refractivity contribution in [1.29, 1.82) is 0 Å². The van der Waals surface area contributed by atoms with E-state index in [0.717, 1.165) is 25.1 Å². The molecule has 0 bridgehead atoms. The monoisotopic (exact) mass is 364 g/mol. The maximum atomic E-state index is 12.1. The zero-order valence-electron chi connectivity index (χ0n) is 11.8. The molecular weight excluding hydrogens is 344 g/mol. The first kappa shape index (κ1) is 17.6. The molecule has 1 aromatic rings. The highest BCUT2D eigenvalue weighted by Gasteiger charge is 2.17. The second kappa shape index (κ2) is 8.74. The van der Waals surface area contributed by atoms with Crippen LogP contribution in [0.3, 0.4) is 0 Å². The minimum absolute atomic E-state index is 0.243. The molecule has 20 heavy (non-hydrogen) atoms. The second-order valence-electron chi connectivity index (χ2n) is 4.33. The number of sulfonamides is 1. The fourth-order valence-electron chi connectivity index (χ4n) is 1.64. The number of halogens is 1. The van der Waals surface area contributed by atoms with E-state index in [1.54, 1.807) is 6.07 Å². The SMILES string of the molecule is CCCNCc1ccc(S(=O)(=O)NCCOC)c(Br)c1. The number of hydrogen-bond donors (Lipinski definition) is 2. The first-order chi connectivity index (χ1) is 9.51. The molecule has 1 aromatic carbocycles. The number of benzene rings is 1. The zero-order valence-corrected chi connectivity index (χ0v) is 14.2. The van der Waals surface area contributed by atoms with Crippen molar-refractivity contribution in [3.05, 3.63) is 28.2 Å². The summed E-state index contributed by atoms with van der Waals surface area (Å²) in [5.41, 5.74) is 1.04. The molecule has 1 rings (SSSR count). The minimum atomic E-state index is -3.50. The Bertz CT molecular complexity index is 520. The molecule has 0 aliphatic carbocycles. The number of hydrogen-bond acceptors (Lipinski definition) is 4. The van der Waals surface area contributed by atoms with Crippen LogP contribution in [0.4, 0.5) is 0 Å². The average molecular weight is 365 g/mol. The van der Waals surface area contributed by atoms with Crippen molar-refractivity contribution in [2.75, 3.05) is 26.8 Å². The van der Waals surface area contributed by atoms with E-state index in [2.05, 4.69) is 32.9 Å². The molecule has 0 spiro atoms. The molecule has 0 atom stereocenters. The summed E-state index contributed by atoms with van der Waals surface area (Å²) in [7, 11) is -1.97. The van der Waals surface area contributed by atoms with Gasteiger partial charge in [-0.2, -0.15) is 0 Å². The van der Waals surface area contributed by atoms with Gasteiger partial charge in [0.05, 0.1) is 11.5 Å². The molecule has 114 valence electrons. The first-order valence-electron chi connectivity index (χ1n) is 6.49. The molecule has 0 fully saturated rings. The smallest absolute Gasteiger partial charge is 0.241 e. The second-order valence-corrected chi connectivity index (χ2v) is 6.92. The Morgan fingerprint density at radius 2 is 2.05 bits per heavy atom. The molecule has 0 aliphatic heterocycles. The lowest BCUT2D eigenvalue weighted by atomic mass is 10.2. The van der Waals surface area contributed by atoms with E-state index >= 15 is 0 Å². The summed E-state index contributed by atoms with van der Waals surface area (Å²) >= 11 is 3.32. The van der Waals surface area contributed by atoms with Gasteiger partial charge >= 0.3 is 0 Å². The predicted octanol–water partition coefficient (Wildman–Crippen LogP) is 1.87. The highest BCUT2D eigenvalue weighted by atomic mass is 79.9. The lowest BCUT2D eigenvalue weighted by Crippen LogP contribution is -2.27. The largest absolute Gasteiger partial charge is 0.383 e. The van der Waals surface area contributed by atoms with Crippen molar-refractivity contribution in [2.24, 2.45) is 0 Å². The first-order valence-corrected chi connectivity index (χ1v) is 8.76. The van der Waals surface area contributed by atoms with Crippen LogP contribution in [0.25, 0.3) is 0 Å². The Balaban J connectivity index is 2.76. The van der Waals surface area contributed by atoms with Gasteiger partial charge in [-0.05, 0) is 46.6 Å². The van der Waals surface area contributed by atoms with Crippen LogP contribution < -0.4 is 10.0 Å². The number of nitrogens with one attached hydrogen (secondary N) is 2. The summed E-state index contributed by atoms with van der Waals surface area (Å²) < 4.78 is 32.1. The lowest BCUT2D eigenvalue weighted by Gasteiger charge is -2.10. The molecule has 0 radical (unpaired) electrons. The quantitative estimate of drug-likeness (QED) is 0.656. The van der Waals surface area contributed by atoms with Gasteiger partial charge in [-0.3, -0.25) is 0 Å². The topological polar surface area (TPSA) is 67.4 Å². The normalized spacial score (nSPS) is 11.8. The minimum Gasteiger partial charge on any atom is -0.383 e. The molecule has 0 aromatic heterocycles. The molecule has 0 aliphatic rings. The summed E-state index contributed by atoms with van der Waals surface area (Å²) in [6, 6.07) is 5.26. The summed E-state index contributed by atoms with van der Waals surface area (Å²) in [6.45, 7) is 4.37. The van der Waals surface area contributed by atoms with Gasteiger partial charge in [-0.1, -0.05) is 13.0 Å². The van der Waals surface area contributed by atoms with Crippen LogP contribution in [-0.2, 0) is 21.3 Å². The molecular formula is C13H21BrN2O3S. The molecule has 2 N–H and O–H groups in total.